The number of hydrogen-bond acceptors (Lipinski definition) is 6. The van der Waals surface area contributed by atoms with E-state index in [9.17, 15) is 4.79 Å². The zero-order valence-corrected chi connectivity index (χ0v) is 11.0. The number of esters is 1. The van der Waals surface area contributed by atoms with Gasteiger partial charge in [-0.1, -0.05) is 0 Å². The van der Waals surface area contributed by atoms with Gasteiger partial charge in [-0.25, -0.2) is 4.79 Å². The molecule has 3 saturated heterocycles. The molecule has 0 aromatic rings. The van der Waals surface area contributed by atoms with Gasteiger partial charge in [0, 0.05) is 0 Å². The molecule has 0 saturated carbocycles. The second kappa shape index (κ2) is 3.66. The van der Waals surface area contributed by atoms with Crippen LogP contribution in [0, 0.1) is 0 Å². The van der Waals surface area contributed by atoms with E-state index in [4.69, 9.17) is 23.7 Å². The summed E-state index contributed by atoms with van der Waals surface area (Å²) in [6.07, 6.45) is -1.85. The quantitative estimate of drug-likeness (QED) is 0.641. The van der Waals surface area contributed by atoms with Crippen LogP contribution in [-0.4, -0.2) is 48.6 Å². The topological polar surface area (TPSA) is 63.2 Å². The van der Waals surface area contributed by atoms with Crippen LogP contribution in [0.5, 0.6) is 0 Å². The van der Waals surface area contributed by atoms with Crippen molar-refractivity contribution in [2.24, 2.45) is 0 Å². The minimum atomic E-state index is -0.762. The Hall–Kier alpha value is -0.690. The van der Waals surface area contributed by atoms with Crippen molar-refractivity contribution < 1.29 is 28.5 Å². The molecule has 6 heteroatoms. The summed E-state index contributed by atoms with van der Waals surface area (Å²) in [5.41, 5.74) is 0. The maximum Gasteiger partial charge on any atom is 0.338 e. The van der Waals surface area contributed by atoms with Gasteiger partial charge in [0.25, 0.3) is 0 Å². The van der Waals surface area contributed by atoms with Gasteiger partial charge < -0.3 is 23.7 Å². The summed E-state index contributed by atoms with van der Waals surface area (Å²) in [6.45, 7) is 7.61. The number of carbonyl (C=O) groups is 1. The molecule has 0 N–H and O–H groups in total. The zero-order chi connectivity index (χ0) is 13.1. The molecule has 3 aliphatic heterocycles. The number of hydrogen-bond donors (Lipinski definition) is 0. The van der Waals surface area contributed by atoms with Crippen LogP contribution in [0.3, 0.4) is 0 Å². The van der Waals surface area contributed by atoms with Crippen LogP contribution in [0.25, 0.3) is 0 Å². The number of fused-ring (bicyclic) bond motifs is 1. The van der Waals surface area contributed by atoms with E-state index in [0.29, 0.717) is 6.61 Å². The number of carbonyl (C=O) groups excluding carboxylic acids is 1. The van der Waals surface area contributed by atoms with Crippen molar-refractivity contribution in [3.8, 4) is 0 Å². The van der Waals surface area contributed by atoms with Gasteiger partial charge in [0.1, 0.15) is 12.2 Å². The highest BCUT2D eigenvalue weighted by molar-refractivity contribution is 5.78. The Morgan fingerprint density at radius 1 is 1.00 bits per heavy atom. The minimum Gasteiger partial charge on any atom is -0.455 e. The van der Waals surface area contributed by atoms with E-state index in [1.54, 1.807) is 13.8 Å². The highest BCUT2D eigenvalue weighted by atomic mass is 16.8. The molecule has 0 spiro atoms. The largest absolute Gasteiger partial charge is 0.455 e. The molecule has 3 aliphatic rings. The van der Waals surface area contributed by atoms with E-state index >= 15 is 0 Å². The lowest BCUT2D eigenvalue weighted by atomic mass is 10.1. The fourth-order valence-electron chi connectivity index (χ4n) is 2.64. The van der Waals surface area contributed by atoms with Crippen LogP contribution in [0.15, 0.2) is 0 Å². The van der Waals surface area contributed by atoms with Crippen LogP contribution < -0.4 is 0 Å². The fourth-order valence-corrected chi connectivity index (χ4v) is 2.64. The molecule has 0 bridgehead atoms. The fraction of sp³-hybridized carbons (Fsp3) is 0.917. The average Bonchev–Trinajstić information content (AvgIpc) is 2.81. The third-order valence-electron chi connectivity index (χ3n) is 3.33. The Bertz CT molecular complexity index is 377. The molecule has 3 rings (SSSR count). The van der Waals surface area contributed by atoms with Gasteiger partial charge in [0.15, 0.2) is 23.8 Å². The maximum atomic E-state index is 11.7. The van der Waals surface area contributed by atoms with Gasteiger partial charge in [-0.15, -0.1) is 0 Å². The van der Waals surface area contributed by atoms with Crippen LogP contribution >= 0.6 is 0 Å². The molecule has 0 amide bonds. The molecule has 0 aromatic carbocycles. The summed E-state index contributed by atoms with van der Waals surface area (Å²) in [5.74, 6) is -1.80. The molecule has 6 nitrogen and oxygen atoms in total. The lowest BCUT2D eigenvalue weighted by molar-refractivity contribution is -0.200. The molecule has 102 valence electrons. The summed E-state index contributed by atoms with van der Waals surface area (Å²) < 4.78 is 27.8. The number of rotatable bonds is 1. The Labute approximate surface area is 105 Å². The smallest absolute Gasteiger partial charge is 0.338 e. The highest BCUT2D eigenvalue weighted by Crippen LogP contribution is 2.39. The van der Waals surface area contributed by atoms with Crippen molar-refractivity contribution in [2.75, 3.05) is 6.61 Å². The van der Waals surface area contributed by atoms with E-state index < -0.39 is 29.9 Å². The SMILES string of the molecule is CC1(C)OC[C@H]([C@H]2OC(=O)[C@@H]3OC(C)(C)O[C@H]23)O1. The third kappa shape index (κ3) is 1.93. The van der Waals surface area contributed by atoms with Crippen LogP contribution in [0.2, 0.25) is 0 Å². The van der Waals surface area contributed by atoms with E-state index in [1.807, 2.05) is 13.8 Å². The van der Waals surface area contributed by atoms with Crippen molar-refractivity contribution in [1.29, 1.82) is 0 Å². The molecule has 4 atom stereocenters. The van der Waals surface area contributed by atoms with Crippen molar-refractivity contribution in [2.45, 2.75) is 63.7 Å². The molecule has 3 heterocycles. The normalized spacial score (nSPS) is 45.0. The van der Waals surface area contributed by atoms with Gasteiger partial charge in [-0.2, -0.15) is 0 Å². The average molecular weight is 258 g/mol. The maximum absolute atomic E-state index is 11.7. The Morgan fingerprint density at radius 2 is 1.72 bits per heavy atom. The Morgan fingerprint density at radius 3 is 2.33 bits per heavy atom. The molecular formula is C12H18O6. The lowest BCUT2D eigenvalue weighted by Crippen LogP contribution is -2.40. The molecule has 18 heavy (non-hydrogen) atoms. The van der Waals surface area contributed by atoms with Crippen molar-refractivity contribution in [3.05, 3.63) is 0 Å². The predicted molar refractivity (Wildman–Crippen MR) is 58.6 cm³/mol. The van der Waals surface area contributed by atoms with Crippen LogP contribution in [-0.2, 0) is 28.5 Å². The van der Waals surface area contributed by atoms with Crippen LogP contribution in [0.1, 0.15) is 27.7 Å². The summed E-state index contributed by atoms with van der Waals surface area (Å²) in [6, 6.07) is 0. The first-order chi connectivity index (χ1) is 8.27. The Balaban J connectivity index is 1.77. The second-order valence-corrected chi connectivity index (χ2v) is 5.79. The molecule has 0 aromatic heterocycles. The molecule has 0 aliphatic carbocycles. The molecule has 0 unspecified atom stereocenters. The predicted octanol–water partition coefficient (Wildman–Crippen LogP) is 0.583. The third-order valence-corrected chi connectivity index (χ3v) is 3.33. The number of ether oxygens (including phenoxy) is 5. The van der Waals surface area contributed by atoms with E-state index in [0.717, 1.165) is 0 Å². The van der Waals surface area contributed by atoms with E-state index in [-0.39, 0.29) is 12.1 Å². The van der Waals surface area contributed by atoms with Gasteiger partial charge in [0.05, 0.1) is 6.61 Å². The van der Waals surface area contributed by atoms with Crippen molar-refractivity contribution in [1.82, 2.24) is 0 Å². The van der Waals surface area contributed by atoms with Gasteiger partial charge in [-0.05, 0) is 27.7 Å². The summed E-state index contributed by atoms with van der Waals surface area (Å²) in [5, 5.41) is 0. The van der Waals surface area contributed by atoms with Crippen LogP contribution in [0.4, 0.5) is 0 Å². The first kappa shape index (κ1) is 12.3. The van der Waals surface area contributed by atoms with E-state index in [1.165, 1.54) is 0 Å². The summed E-state index contributed by atoms with van der Waals surface area (Å²) >= 11 is 0. The monoisotopic (exact) mass is 258 g/mol. The highest BCUT2D eigenvalue weighted by Gasteiger charge is 2.59. The molecule has 0 radical (unpaired) electrons. The first-order valence-corrected chi connectivity index (χ1v) is 6.15. The summed E-state index contributed by atoms with van der Waals surface area (Å²) in [4.78, 5) is 11.7. The van der Waals surface area contributed by atoms with Gasteiger partial charge in [0.2, 0.25) is 0 Å². The van der Waals surface area contributed by atoms with Crippen molar-refractivity contribution >= 4 is 5.97 Å². The molecule has 3 fully saturated rings. The Kier molecular flexibility index (Phi) is 2.51. The van der Waals surface area contributed by atoms with Gasteiger partial charge in [-0.3, -0.25) is 0 Å². The summed E-state index contributed by atoms with van der Waals surface area (Å²) in [7, 11) is 0. The lowest BCUT2D eigenvalue weighted by Gasteiger charge is -2.25. The first-order valence-electron chi connectivity index (χ1n) is 6.15. The second-order valence-electron chi connectivity index (χ2n) is 5.79. The van der Waals surface area contributed by atoms with E-state index in [2.05, 4.69) is 0 Å². The minimum absolute atomic E-state index is 0.309. The van der Waals surface area contributed by atoms with Crippen molar-refractivity contribution in [3.63, 3.8) is 0 Å². The molecular weight excluding hydrogens is 240 g/mol. The number of cyclic esters (lactones) is 1. The van der Waals surface area contributed by atoms with Gasteiger partial charge >= 0.3 is 5.97 Å². The zero-order valence-electron chi connectivity index (χ0n) is 11.0. The standard InChI is InChI=1S/C12H18O6/c1-11(2)14-5-6(16-11)7-8-9(10(13)15-7)18-12(3,4)17-8/h6-9H,5H2,1-4H3/t6-,7-,8-,9-/m1/s1.